The van der Waals surface area contributed by atoms with Gasteiger partial charge >= 0.3 is 0 Å². The van der Waals surface area contributed by atoms with E-state index in [0.717, 1.165) is 47.1 Å². The van der Waals surface area contributed by atoms with Crippen LogP contribution in [0, 0.1) is 6.92 Å². The van der Waals surface area contributed by atoms with Gasteiger partial charge in [0.25, 0.3) is 5.91 Å². The number of aldehydes is 1. The van der Waals surface area contributed by atoms with Gasteiger partial charge in [0.15, 0.2) is 0 Å². The van der Waals surface area contributed by atoms with Crippen LogP contribution in [0.25, 0.3) is 16.8 Å². The number of aryl methyl sites for hydroxylation is 1. The number of aromatic nitrogens is 3. The van der Waals surface area contributed by atoms with Gasteiger partial charge < -0.3 is 10.1 Å². The van der Waals surface area contributed by atoms with Crippen LogP contribution in [0.5, 0.6) is 0 Å². The molecule has 0 unspecified atom stereocenters. The quantitative estimate of drug-likeness (QED) is 0.686. The molecule has 0 bridgehead atoms. The summed E-state index contributed by atoms with van der Waals surface area (Å²) in [7, 11) is 0. The number of rotatable bonds is 6. The smallest absolute Gasteiger partial charge is 0.251 e. The van der Waals surface area contributed by atoms with E-state index in [4.69, 9.17) is 0 Å². The molecule has 0 atom stereocenters. The summed E-state index contributed by atoms with van der Waals surface area (Å²) in [6.45, 7) is 2.02. The van der Waals surface area contributed by atoms with Crippen LogP contribution in [0.2, 0.25) is 0 Å². The number of carbonyl (C=O) groups excluding carboxylic acids is 2. The maximum atomic E-state index is 12.3. The molecule has 3 aromatic rings. The zero-order valence-electron chi connectivity index (χ0n) is 15.1. The molecule has 2 aromatic heterocycles. The van der Waals surface area contributed by atoms with Gasteiger partial charge in [-0.15, -0.1) is 0 Å². The van der Waals surface area contributed by atoms with E-state index in [1.165, 1.54) is 0 Å². The molecular weight excluding hydrogens is 340 g/mol. The topological polar surface area (TPSA) is 76.9 Å². The first-order chi connectivity index (χ1) is 13.1. The van der Waals surface area contributed by atoms with E-state index in [0.29, 0.717) is 18.0 Å². The second kappa shape index (κ2) is 7.15. The monoisotopic (exact) mass is 360 g/mol. The maximum absolute atomic E-state index is 12.3. The van der Waals surface area contributed by atoms with E-state index in [-0.39, 0.29) is 5.91 Å². The van der Waals surface area contributed by atoms with E-state index < -0.39 is 0 Å². The van der Waals surface area contributed by atoms with Crippen molar-refractivity contribution in [2.45, 2.75) is 32.2 Å². The molecule has 2 heterocycles. The van der Waals surface area contributed by atoms with Gasteiger partial charge in [0.05, 0.1) is 18.1 Å². The van der Waals surface area contributed by atoms with Crippen molar-refractivity contribution in [2.75, 3.05) is 0 Å². The highest BCUT2D eigenvalue weighted by Gasteiger charge is 2.24. The van der Waals surface area contributed by atoms with Crippen molar-refractivity contribution in [3.05, 3.63) is 65.7 Å². The fourth-order valence-electron chi connectivity index (χ4n) is 2.98. The number of hydrogen-bond acceptors (Lipinski definition) is 4. The molecule has 0 saturated heterocycles. The van der Waals surface area contributed by atoms with E-state index in [1.54, 1.807) is 23.3 Å². The van der Waals surface area contributed by atoms with Crippen molar-refractivity contribution in [1.82, 2.24) is 20.1 Å². The van der Waals surface area contributed by atoms with Gasteiger partial charge in [0.1, 0.15) is 6.29 Å². The standard InChI is InChI=1S/C21H20N4O2/c1-14-2-3-16(21(27)24-18-4-5-18)9-20(14)17-11-23-25(13-17)19-8-15(6-7-26)10-22-12-19/h2-3,7-13,18H,4-6H2,1H3,(H,24,27). The van der Waals surface area contributed by atoms with E-state index in [2.05, 4.69) is 15.4 Å². The Hall–Kier alpha value is -3.28. The van der Waals surface area contributed by atoms with Crippen molar-refractivity contribution >= 4 is 12.2 Å². The molecule has 1 aliphatic rings. The number of benzene rings is 1. The van der Waals surface area contributed by atoms with Crippen LogP contribution < -0.4 is 5.32 Å². The lowest BCUT2D eigenvalue weighted by Crippen LogP contribution is -2.25. The molecule has 0 spiro atoms. The lowest BCUT2D eigenvalue weighted by molar-refractivity contribution is -0.107. The summed E-state index contributed by atoms with van der Waals surface area (Å²) in [6, 6.07) is 7.95. The normalized spacial score (nSPS) is 13.4. The molecule has 1 saturated carbocycles. The van der Waals surface area contributed by atoms with Crippen LogP contribution in [-0.2, 0) is 11.2 Å². The fraction of sp³-hybridized carbons (Fsp3) is 0.238. The number of nitrogens with zero attached hydrogens (tertiary/aromatic N) is 3. The zero-order chi connectivity index (χ0) is 18.8. The van der Waals surface area contributed by atoms with Crippen molar-refractivity contribution < 1.29 is 9.59 Å². The maximum Gasteiger partial charge on any atom is 0.251 e. The predicted molar refractivity (Wildman–Crippen MR) is 102 cm³/mol. The van der Waals surface area contributed by atoms with Gasteiger partial charge in [-0.05, 0) is 54.7 Å². The Morgan fingerprint density at radius 3 is 2.89 bits per heavy atom. The molecule has 0 aliphatic heterocycles. The van der Waals surface area contributed by atoms with Crippen LogP contribution >= 0.6 is 0 Å². The second-order valence-electron chi connectivity index (χ2n) is 6.87. The first-order valence-electron chi connectivity index (χ1n) is 8.98. The Labute approximate surface area is 157 Å². The lowest BCUT2D eigenvalue weighted by Gasteiger charge is -2.08. The minimum absolute atomic E-state index is 0.0306. The van der Waals surface area contributed by atoms with Crippen molar-refractivity contribution in [3.8, 4) is 16.8 Å². The predicted octanol–water partition coefficient (Wildman–Crippen LogP) is 2.88. The summed E-state index contributed by atoms with van der Waals surface area (Å²) in [4.78, 5) is 27.2. The van der Waals surface area contributed by atoms with Crippen LogP contribution in [-0.4, -0.2) is 33.0 Å². The third-order valence-electron chi connectivity index (χ3n) is 4.67. The summed E-state index contributed by atoms with van der Waals surface area (Å²) in [5.41, 5.74) is 5.27. The second-order valence-corrected chi connectivity index (χ2v) is 6.87. The SMILES string of the molecule is Cc1ccc(C(=O)NC2CC2)cc1-c1cnn(-c2cncc(CC=O)c2)c1. The molecule has 0 radical (unpaired) electrons. The Morgan fingerprint density at radius 1 is 1.26 bits per heavy atom. The Balaban J connectivity index is 1.63. The van der Waals surface area contributed by atoms with Crippen LogP contribution in [0.4, 0.5) is 0 Å². The molecule has 1 fully saturated rings. The average Bonchev–Trinajstić information content (AvgIpc) is 3.35. The average molecular weight is 360 g/mol. The van der Waals surface area contributed by atoms with Crippen molar-refractivity contribution in [3.63, 3.8) is 0 Å². The van der Waals surface area contributed by atoms with Gasteiger partial charge in [-0.3, -0.25) is 9.78 Å². The van der Waals surface area contributed by atoms with Gasteiger partial charge in [-0.25, -0.2) is 4.68 Å². The Morgan fingerprint density at radius 2 is 2.11 bits per heavy atom. The highest BCUT2D eigenvalue weighted by Crippen LogP contribution is 2.26. The molecule has 6 nitrogen and oxygen atoms in total. The molecule has 1 amide bonds. The van der Waals surface area contributed by atoms with E-state index in [9.17, 15) is 9.59 Å². The third-order valence-corrected chi connectivity index (χ3v) is 4.67. The highest BCUT2D eigenvalue weighted by molar-refractivity contribution is 5.96. The minimum atomic E-state index is -0.0306. The molecule has 27 heavy (non-hydrogen) atoms. The summed E-state index contributed by atoms with van der Waals surface area (Å²) in [6.07, 6.45) is 10.4. The van der Waals surface area contributed by atoms with Crippen molar-refractivity contribution in [2.24, 2.45) is 0 Å². The minimum Gasteiger partial charge on any atom is -0.349 e. The van der Waals surface area contributed by atoms with Gasteiger partial charge in [-0.1, -0.05) is 6.07 Å². The first-order valence-corrected chi connectivity index (χ1v) is 8.98. The van der Waals surface area contributed by atoms with E-state index >= 15 is 0 Å². The molecule has 4 rings (SSSR count). The zero-order valence-corrected chi connectivity index (χ0v) is 15.1. The van der Waals surface area contributed by atoms with Crippen LogP contribution in [0.3, 0.4) is 0 Å². The summed E-state index contributed by atoms with van der Waals surface area (Å²) < 4.78 is 1.73. The lowest BCUT2D eigenvalue weighted by atomic mass is 10.0. The van der Waals surface area contributed by atoms with Gasteiger partial charge in [0.2, 0.25) is 0 Å². The number of hydrogen-bond donors (Lipinski definition) is 1. The third kappa shape index (κ3) is 3.79. The largest absolute Gasteiger partial charge is 0.349 e. The molecular formula is C21H20N4O2. The van der Waals surface area contributed by atoms with Crippen LogP contribution in [0.1, 0.15) is 34.3 Å². The van der Waals surface area contributed by atoms with Gasteiger partial charge in [-0.2, -0.15) is 5.10 Å². The van der Waals surface area contributed by atoms with E-state index in [1.807, 2.05) is 37.4 Å². The number of pyridine rings is 1. The number of amides is 1. The van der Waals surface area contributed by atoms with Crippen LogP contribution in [0.15, 0.2) is 49.1 Å². The molecule has 1 N–H and O–H groups in total. The molecule has 1 aliphatic carbocycles. The summed E-state index contributed by atoms with van der Waals surface area (Å²) in [5, 5.41) is 7.45. The Kier molecular flexibility index (Phi) is 4.54. The number of carbonyl (C=O) groups is 2. The first kappa shape index (κ1) is 17.1. The fourth-order valence-corrected chi connectivity index (χ4v) is 2.98. The Bertz CT molecular complexity index is 1000. The highest BCUT2D eigenvalue weighted by atomic mass is 16.1. The molecule has 1 aromatic carbocycles. The summed E-state index contributed by atoms with van der Waals surface area (Å²) >= 11 is 0. The summed E-state index contributed by atoms with van der Waals surface area (Å²) in [5.74, 6) is -0.0306. The molecule has 136 valence electrons. The number of nitrogens with one attached hydrogen (secondary N) is 1. The van der Waals surface area contributed by atoms with Crippen molar-refractivity contribution in [1.29, 1.82) is 0 Å². The molecule has 6 heteroatoms. The van der Waals surface area contributed by atoms with Gasteiger partial charge in [0, 0.05) is 36.0 Å².